The number of anilines is 1. The number of benzene rings is 2. The number of nitro benzene ring substituents is 1. The minimum atomic E-state index is -1.96. The predicted octanol–water partition coefficient (Wildman–Crippen LogP) is 4.66. The number of carbonyl (C=O) groups is 1. The van der Waals surface area contributed by atoms with Gasteiger partial charge in [-0.15, -0.1) is 0 Å². The third-order valence-corrected chi connectivity index (χ3v) is 4.39. The van der Waals surface area contributed by atoms with Gasteiger partial charge in [-0.05, 0) is 36.5 Å². The van der Waals surface area contributed by atoms with Gasteiger partial charge in [0.2, 0.25) is 3.79 Å². The molecule has 12 heteroatoms. The summed E-state index contributed by atoms with van der Waals surface area (Å²) in [4.78, 5) is 22.7. The number of hydrogen-bond acceptors (Lipinski definition) is 4. The van der Waals surface area contributed by atoms with Gasteiger partial charge in [0.15, 0.2) is 5.11 Å². The third kappa shape index (κ3) is 6.65. The van der Waals surface area contributed by atoms with Gasteiger partial charge < -0.3 is 16.0 Å². The maximum atomic E-state index is 12.4. The van der Waals surface area contributed by atoms with Crippen LogP contribution in [0, 0.1) is 10.1 Å². The molecule has 0 aliphatic carbocycles. The van der Waals surface area contributed by atoms with Crippen molar-refractivity contribution in [3.63, 3.8) is 0 Å². The van der Waals surface area contributed by atoms with Gasteiger partial charge in [-0.3, -0.25) is 14.9 Å². The molecule has 0 spiro atoms. The smallest absolute Gasteiger partial charge is 0.271 e. The van der Waals surface area contributed by atoms with Crippen molar-refractivity contribution >= 4 is 81.0 Å². The number of nitro groups is 1. The number of hydrogen-bond donors (Lipinski definition) is 3. The van der Waals surface area contributed by atoms with Crippen LogP contribution in [0.15, 0.2) is 48.5 Å². The Hall–Kier alpha value is -1.84. The second-order valence-electron chi connectivity index (χ2n) is 5.36. The van der Waals surface area contributed by atoms with Crippen LogP contribution in [-0.2, 0) is 0 Å². The zero-order valence-electron chi connectivity index (χ0n) is 13.8. The van der Waals surface area contributed by atoms with Crippen molar-refractivity contribution in [2.75, 3.05) is 5.32 Å². The van der Waals surface area contributed by atoms with Crippen LogP contribution in [0.1, 0.15) is 10.4 Å². The van der Waals surface area contributed by atoms with Crippen LogP contribution in [0.4, 0.5) is 11.4 Å². The molecule has 2 aromatic carbocycles. The quantitative estimate of drug-likeness (QED) is 0.189. The summed E-state index contributed by atoms with van der Waals surface area (Å²) in [6, 6.07) is 11.9. The summed E-state index contributed by atoms with van der Waals surface area (Å²) < 4.78 is -1.96. The zero-order chi connectivity index (χ0) is 20.9. The second-order valence-corrected chi connectivity index (χ2v) is 8.58. The first-order valence-electron chi connectivity index (χ1n) is 7.51. The number of non-ortho nitro benzene ring substituents is 1. The van der Waals surface area contributed by atoms with Gasteiger partial charge in [-0.1, -0.05) is 58.5 Å². The maximum Gasteiger partial charge on any atom is 0.271 e. The topological polar surface area (TPSA) is 96.3 Å². The molecule has 0 heterocycles. The molecule has 0 fully saturated rings. The van der Waals surface area contributed by atoms with Crippen molar-refractivity contribution in [3.8, 4) is 0 Å². The number of alkyl halides is 3. The number of thiocarbonyl (C=S) groups is 1. The summed E-state index contributed by atoms with van der Waals surface area (Å²) in [5, 5.41) is 19.1. The largest absolute Gasteiger partial charge is 0.339 e. The Morgan fingerprint density at radius 2 is 1.79 bits per heavy atom. The first kappa shape index (κ1) is 22.4. The number of nitrogens with one attached hydrogen (secondary N) is 3. The first-order valence-corrected chi connectivity index (χ1v) is 9.43. The highest BCUT2D eigenvalue weighted by Gasteiger charge is 2.35. The lowest BCUT2D eigenvalue weighted by molar-refractivity contribution is -0.384. The van der Waals surface area contributed by atoms with E-state index in [0.717, 1.165) is 0 Å². The van der Waals surface area contributed by atoms with Crippen molar-refractivity contribution in [1.29, 1.82) is 0 Å². The van der Waals surface area contributed by atoms with Gasteiger partial charge in [0.05, 0.1) is 4.92 Å². The Balaban J connectivity index is 2.09. The van der Waals surface area contributed by atoms with Gasteiger partial charge in [0.1, 0.15) is 6.17 Å². The van der Waals surface area contributed by atoms with Crippen molar-refractivity contribution in [3.05, 3.63) is 69.2 Å². The molecule has 28 heavy (non-hydrogen) atoms. The number of rotatable bonds is 5. The summed E-state index contributed by atoms with van der Waals surface area (Å²) in [6.45, 7) is 0. The number of nitrogens with zero attached hydrogens (tertiary/aromatic N) is 1. The van der Waals surface area contributed by atoms with E-state index >= 15 is 0 Å². The van der Waals surface area contributed by atoms with Gasteiger partial charge >= 0.3 is 0 Å². The molecule has 1 unspecified atom stereocenters. The Kier molecular flexibility index (Phi) is 7.68. The average Bonchev–Trinajstić information content (AvgIpc) is 2.60. The molecule has 0 saturated carbocycles. The molecule has 0 aliphatic rings. The molecular formula is C16H12Cl4N4O3S. The first-order chi connectivity index (χ1) is 13.1. The molecule has 7 nitrogen and oxygen atoms in total. The van der Waals surface area contributed by atoms with Crippen molar-refractivity contribution in [2.45, 2.75) is 9.96 Å². The number of carbonyl (C=O) groups excluding carboxylic acids is 1. The zero-order valence-corrected chi connectivity index (χ0v) is 17.6. The van der Waals surface area contributed by atoms with E-state index in [4.69, 9.17) is 58.6 Å². The van der Waals surface area contributed by atoms with E-state index in [1.54, 1.807) is 18.2 Å². The lowest BCUT2D eigenvalue weighted by atomic mass is 10.2. The highest BCUT2D eigenvalue weighted by atomic mass is 35.6. The fourth-order valence-electron chi connectivity index (χ4n) is 2.04. The van der Waals surface area contributed by atoms with Crippen LogP contribution in [-0.4, -0.2) is 25.9 Å². The van der Waals surface area contributed by atoms with Crippen LogP contribution in [0.5, 0.6) is 0 Å². The number of amides is 1. The van der Waals surface area contributed by atoms with Gasteiger partial charge in [0.25, 0.3) is 11.6 Å². The number of halogens is 4. The average molecular weight is 482 g/mol. The van der Waals surface area contributed by atoms with Crippen LogP contribution in [0.3, 0.4) is 0 Å². The maximum absolute atomic E-state index is 12.4. The molecule has 0 aromatic heterocycles. The highest BCUT2D eigenvalue weighted by Crippen LogP contribution is 2.29. The summed E-state index contributed by atoms with van der Waals surface area (Å²) in [5.74, 6) is -0.551. The van der Waals surface area contributed by atoms with Gasteiger partial charge in [-0.25, -0.2) is 0 Å². The van der Waals surface area contributed by atoms with Crippen LogP contribution < -0.4 is 16.0 Å². The summed E-state index contributed by atoms with van der Waals surface area (Å²) >= 11 is 28.8. The molecule has 0 bridgehead atoms. The SMILES string of the molecule is O=C(NC(NC(=S)Nc1cccc([N+](=O)[O-])c1)C(Cl)(Cl)Cl)c1cccc(Cl)c1. The Bertz CT molecular complexity index is 907. The molecule has 148 valence electrons. The lowest BCUT2D eigenvalue weighted by Crippen LogP contribution is -2.56. The Labute approximate surface area is 185 Å². The van der Waals surface area contributed by atoms with E-state index in [-0.39, 0.29) is 16.4 Å². The monoisotopic (exact) mass is 480 g/mol. The van der Waals surface area contributed by atoms with Crippen LogP contribution in [0.25, 0.3) is 0 Å². The normalized spacial score (nSPS) is 12.0. The van der Waals surface area contributed by atoms with E-state index < -0.39 is 20.8 Å². The minimum Gasteiger partial charge on any atom is -0.339 e. The van der Waals surface area contributed by atoms with Crippen LogP contribution in [0.2, 0.25) is 5.02 Å². The van der Waals surface area contributed by atoms with E-state index in [1.807, 2.05) is 0 Å². The van der Waals surface area contributed by atoms with E-state index in [0.29, 0.717) is 10.7 Å². The molecule has 3 N–H and O–H groups in total. The summed E-state index contributed by atoms with van der Waals surface area (Å²) in [7, 11) is 0. The molecule has 2 aromatic rings. The van der Waals surface area contributed by atoms with E-state index in [1.165, 1.54) is 30.3 Å². The molecule has 1 atom stereocenters. The molecule has 2 rings (SSSR count). The van der Waals surface area contributed by atoms with Crippen molar-refractivity contribution < 1.29 is 9.72 Å². The Morgan fingerprint density at radius 1 is 1.11 bits per heavy atom. The molecule has 1 amide bonds. The minimum absolute atomic E-state index is 0.0248. The lowest BCUT2D eigenvalue weighted by Gasteiger charge is -2.27. The predicted molar refractivity (Wildman–Crippen MR) is 115 cm³/mol. The summed E-state index contributed by atoms with van der Waals surface area (Å²) in [6.07, 6.45) is -1.21. The van der Waals surface area contributed by atoms with Crippen molar-refractivity contribution in [1.82, 2.24) is 10.6 Å². The fraction of sp³-hybridized carbons (Fsp3) is 0.125. The van der Waals surface area contributed by atoms with Gasteiger partial charge in [0, 0.05) is 28.4 Å². The van der Waals surface area contributed by atoms with E-state index in [2.05, 4.69) is 16.0 Å². The third-order valence-electron chi connectivity index (χ3n) is 3.28. The van der Waals surface area contributed by atoms with Crippen LogP contribution >= 0.6 is 58.6 Å². The molecule has 0 aliphatic heterocycles. The van der Waals surface area contributed by atoms with Crippen molar-refractivity contribution in [2.24, 2.45) is 0 Å². The second kappa shape index (κ2) is 9.58. The van der Waals surface area contributed by atoms with E-state index in [9.17, 15) is 14.9 Å². The standard InChI is InChI=1S/C16H12Cl4N4O3S/c17-10-4-1-3-9(7-10)13(25)22-14(16(18,19)20)23-15(28)21-11-5-2-6-12(8-11)24(26)27/h1-8,14H,(H,22,25)(H2,21,23,28). The summed E-state index contributed by atoms with van der Waals surface area (Å²) in [5.41, 5.74) is 0.474. The van der Waals surface area contributed by atoms with Gasteiger partial charge in [-0.2, -0.15) is 0 Å². The highest BCUT2D eigenvalue weighted by molar-refractivity contribution is 7.80. The molecule has 0 radical (unpaired) electrons. The molecule has 0 saturated heterocycles. The fourth-order valence-corrected chi connectivity index (χ4v) is 2.79. The molecular weight excluding hydrogens is 470 g/mol. The Morgan fingerprint density at radius 3 is 2.39 bits per heavy atom.